The predicted molar refractivity (Wildman–Crippen MR) is 105 cm³/mol. The van der Waals surface area contributed by atoms with Crippen LogP contribution >= 0.6 is 35.3 Å². The molecule has 9 heteroatoms. The molecule has 0 fully saturated rings. The number of nitrogens with zero attached hydrogens (tertiary/aromatic N) is 2. The summed E-state index contributed by atoms with van der Waals surface area (Å²) in [5, 5.41) is 7.47. The number of thiazole rings is 1. The van der Waals surface area contributed by atoms with Crippen LogP contribution in [0.1, 0.15) is 28.8 Å². The van der Waals surface area contributed by atoms with Crippen molar-refractivity contribution in [3.8, 4) is 0 Å². The second-order valence-corrected chi connectivity index (χ2v) is 6.04. The SMILES string of the molecule is CCNC(=NCc1ccccc1C)NCc1nc(C(F)(F)F)cs1.I. The zero-order chi connectivity index (χ0) is 17.6. The zero-order valence-corrected chi connectivity index (χ0v) is 17.0. The number of guanidine groups is 1. The fraction of sp³-hybridized carbons (Fsp3) is 0.375. The summed E-state index contributed by atoms with van der Waals surface area (Å²) in [5.41, 5.74) is 1.39. The first-order valence-corrected chi connectivity index (χ1v) is 8.36. The minimum atomic E-state index is -4.40. The number of rotatable bonds is 5. The summed E-state index contributed by atoms with van der Waals surface area (Å²) in [7, 11) is 0. The molecule has 0 unspecified atom stereocenters. The van der Waals surface area contributed by atoms with Crippen molar-refractivity contribution in [2.75, 3.05) is 6.54 Å². The molecule has 0 aliphatic rings. The molecule has 25 heavy (non-hydrogen) atoms. The molecular weight excluding hydrogens is 464 g/mol. The monoisotopic (exact) mass is 484 g/mol. The Morgan fingerprint density at radius 1 is 1.24 bits per heavy atom. The first kappa shape index (κ1) is 21.7. The predicted octanol–water partition coefficient (Wildman–Crippen LogP) is 4.34. The molecule has 0 saturated carbocycles. The van der Waals surface area contributed by atoms with Crippen molar-refractivity contribution in [2.45, 2.75) is 33.1 Å². The number of halogens is 4. The Balaban J connectivity index is 0.00000312. The van der Waals surface area contributed by atoms with Gasteiger partial charge in [-0.15, -0.1) is 35.3 Å². The minimum Gasteiger partial charge on any atom is -0.357 e. The van der Waals surface area contributed by atoms with Gasteiger partial charge in [-0.1, -0.05) is 24.3 Å². The average molecular weight is 484 g/mol. The maximum absolute atomic E-state index is 12.6. The van der Waals surface area contributed by atoms with Crippen LogP contribution < -0.4 is 10.6 Å². The smallest absolute Gasteiger partial charge is 0.357 e. The highest BCUT2D eigenvalue weighted by Crippen LogP contribution is 2.29. The molecule has 1 heterocycles. The molecular formula is C16H20F3IN4S. The van der Waals surface area contributed by atoms with Crippen molar-refractivity contribution in [3.63, 3.8) is 0 Å². The van der Waals surface area contributed by atoms with E-state index >= 15 is 0 Å². The van der Waals surface area contributed by atoms with Crippen molar-refractivity contribution >= 4 is 41.3 Å². The summed E-state index contributed by atoms with van der Waals surface area (Å²) in [6.07, 6.45) is -4.40. The van der Waals surface area contributed by atoms with E-state index in [9.17, 15) is 13.2 Å². The highest BCUT2D eigenvalue weighted by atomic mass is 127. The van der Waals surface area contributed by atoms with Gasteiger partial charge in [0.05, 0.1) is 13.1 Å². The fourth-order valence-electron chi connectivity index (χ4n) is 1.98. The number of aliphatic imine (C=N–C) groups is 1. The second-order valence-electron chi connectivity index (χ2n) is 5.10. The number of alkyl halides is 3. The molecule has 2 aromatic rings. The van der Waals surface area contributed by atoms with Crippen molar-refractivity contribution in [1.82, 2.24) is 15.6 Å². The Morgan fingerprint density at radius 2 is 1.96 bits per heavy atom. The molecule has 0 atom stereocenters. The fourth-order valence-corrected chi connectivity index (χ4v) is 2.72. The molecule has 0 radical (unpaired) electrons. The lowest BCUT2D eigenvalue weighted by molar-refractivity contribution is -0.140. The van der Waals surface area contributed by atoms with Gasteiger partial charge in [-0.2, -0.15) is 13.2 Å². The summed E-state index contributed by atoms with van der Waals surface area (Å²) in [4.78, 5) is 8.06. The van der Waals surface area contributed by atoms with Gasteiger partial charge in [0.2, 0.25) is 0 Å². The molecule has 2 N–H and O–H groups in total. The molecule has 4 nitrogen and oxygen atoms in total. The van der Waals surface area contributed by atoms with E-state index in [1.165, 1.54) is 0 Å². The van der Waals surface area contributed by atoms with Gasteiger partial charge in [0.25, 0.3) is 0 Å². The Labute approximate surface area is 166 Å². The third-order valence-corrected chi connectivity index (χ3v) is 4.11. The van der Waals surface area contributed by atoms with E-state index in [0.29, 0.717) is 24.1 Å². The molecule has 0 amide bonds. The maximum Gasteiger partial charge on any atom is 0.434 e. The van der Waals surface area contributed by atoms with Gasteiger partial charge in [-0.3, -0.25) is 0 Å². The van der Waals surface area contributed by atoms with E-state index in [0.717, 1.165) is 27.8 Å². The second kappa shape index (κ2) is 9.95. The molecule has 0 aliphatic carbocycles. The van der Waals surface area contributed by atoms with Gasteiger partial charge >= 0.3 is 6.18 Å². The Bertz CT molecular complexity index is 701. The molecule has 138 valence electrons. The van der Waals surface area contributed by atoms with E-state index in [4.69, 9.17) is 0 Å². The Morgan fingerprint density at radius 3 is 2.56 bits per heavy atom. The van der Waals surface area contributed by atoms with Crippen LogP contribution in [0.2, 0.25) is 0 Å². The third-order valence-electron chi connectivity index (χ3n) is 3.26. The van der Waals surface area contributed by atoms with Gasteiger partial charge in [0.1, 0.15) is 5.01 Å². The van der Waals surface area contributed by atoms with Crippen molar-refractivity contribution in [3.05, 3.63) is 51.5 Å². The summed E-state index contributed by atoms with van der Waals surface area (Å²) < 4.78 is 37.7. The van der Waals surface area contributed by atoms with Crippen LogP contribution in [0.15, 0.2) is 34.6 Å². The van der Waals surface area contributed by atoms with Crippen LogP contribution in [0.4, 0.5) is 13.2 Å². The highest BCUT2D eigenvalue weighted by molar-refractivity contribution is 14.0. The van der Waals surface area contributed by atoms with Crippen molar-refractivity contribution in [1.29, 1.82) is 0 Å². The number of nitrogens with one attached hydrogen (secondary N) is 2. The largest absolute Gasteiger partial charge is 0.434 e. The standard InChI is InChI=1S/C16H19F3N4S.HI/c1-3-20-15(21-8-12-7-5-4-6-11(12)2)22-9-14-23-13(10-24-14)16(17,18)19;/h4-7,10H,3,8-9H2,1-2H3,(H2,20,21,22);1H. The number of hydrogen-bond donors (Lipinski definition) is 2. The lowest BCUT2D eigenvalue weighted by Crippen LogP contribution is -2.36. The molecule has 0 aliphatic heterocycles. The van der Waals surface area contributed by atoms with Gasteiger partial charge in [-0.05, 0) is 25.0 Å². The normalized spacial score (nSPS) is 11.8. The number of benzene rings is 1. The molecule has 2 rings (SSSR count). The van der Waals surface area contributed by atoms with E-state index in [1.807, 2.05) is 38.1 Å². The van der Waals surface area contributed by atoms with Crippen molar-refractivity contribution < 1.29 is 13.2 Å². The van der Waals surface area contributed by atoms with Gasteiger partial charge in [-0.25, -0.2) is 9.98 Å². The first-order chi connectivity index (χ1) is 11.4. The highest BCUT2D eigenvalue weighted by Gasteiger charge is 2.33. The summed E-state index contributed by atoms with van der Waals surface area (Å²) in [6, 6.07) is 7.93. The summed E-state index contributed by atoms with van der Waals surface area (Å²) >= 11 is 0.977. The van der Waals surface area contributed by atoms with Crippen LogP contribution in [0, 0.1) is 6.92 Å². The van der Waals surface area contributed by atoms with E-state index in [1.54, 1.807) is 0 Å². The van der Waals surface area contributed by atoms with Crippen LogP contribution in [0.25, 0.3) is 0 Å². The molecule has 0 spiro atoms. The van der Waals surface area contributed by atoms with Crippen molar-refractivity contribution in [2.24, 2.45) is 4.99 Å². The topological polar surface area (TPSA) is 49.3 Å². The van der Waals surface area contributed by atoms with E-state index < -0.39 is 11.9 Å². The third kappa shape index (κ3) is 6.81. The molecule has 1 aromatic carbocycles. The minimum absolute atomic E-state index is 0. The summed E-state index contributed by atoms with van der Waals surface area (Å²) in [6.45, 7) is 5.29. The van der Waals surface area contributed by atoms with Crippen LogP contribution in [-0.4, -0.2) is 17.5 Å². The van der Waals surface area contributed by atoms with Crippen LogP contribution in [-0.2, 0) is 19.3 Å². The lowest BCUT2D eigenvalue weighted by Gasteiger charge is -2.10. The van der Waals surface area contributed by atoms with Gasteiger partial charge in [0.15, 0.2) is 11.7 Å². The molecule has 1 aromatic heterocycles. The average Bonchev–Trinajstić information content (AvgIpc) is 3.00. The Hall–Kier alpha value is -1.36. The van der Waals surface area contributed by atoms with Crippen LogP contribution in [0.5, 0.6) is 0 Å². The number of hydrogen-bond acceptors (Lipinski definition) is 3. The van der Waals surface area contributed by atoms with E-state index in [2.05, 4.69) is 20.6 Å². The zero-order valence-electron chi connectivity index (χ0n) is 13.9. The maximum atomic E-state index is 12.6. The first-order valence-electron chi connectivity index (χ1n) is 7.48. The molecule has 0 bridgehead atoms. The van der Waals surface area contributed by atoms with Gasteiger partial charge < -0.3 is 10.6 Å². The number of aryl methyl sites for hydroxylation is 1. The lowest BCUT2D eigenvalue weighted by atomic mass is 10.1. The summed E-state index contributed by atoms with van der Waals surface area (Å²) in [5.74, 6) is 0.546. The van der Waals surface area contributed by atoms with Gasteiger partial charge in [0, 0.05) is 11.9 Å². The van der Waals surface area contributed by atoms with Crippen LogP contribution in [0.3, 0.4) is 0 Å². The van der Waals surface area contributed by atoms with E-state index in [-0.39, 0.29) is 30.5 Å². The number of aromatic nitrogens is 1. The quantitative estimate of drug-likeness (QED) is 0.377. The Kier molecular flexibility index (Phi) is 8.63. The molecule has 0 saturated heterocycles.